The number of hydrogen-bond acceptors (Lipinski definition) is 10. The number of aryl methyl sites for hydroxylation is 1. The number of halogens is 3. The van der Waals surface area contributed by atoms with E-state index < -0.39 is 42.9 Å². The van der Waals surface area contributed by atoms with Crippen molar-refractivity contribution in [3.8, 4) is 22.2 Å². The number of aliphatic hydroxyl groups excluding tert-OH is 1. The molecule has 5 aromatic rings. The fraction of sp³-hybridized carbons (Fsp3) is 0.323. The first-order chi connectivity index (χ1) is 21.6. The summed E-state index contributed by atoms with van der Waals surface area (Å²) >= 11 is 1.27. The summed E-state index contributed by atoms with van der Waals surface area (Å²) in [5.74, 6) is -3.76. The zero-order chi connectivity index (χ0) is 31.7. The highest BCUT2D eigenvalue weighted by molar-refractivity contribution is 7.21. The molecule has 45 heavy (non-hydrogen) atoms. The number of aliphatic hydroxyl groups is 1. The maximum absolute atomic E-state index is 15.3. The van der Waals surface area contributed by atoms with Crippen LogP contribution in [0.15, 0.2) is 48.8 Å². The number of carbonyl (C=O) groups is 1. The Balaban J connectivity index is 1.24. The van der Waals surface area contributed by atoms with Crippen LogP contribution in [0.4, 0.5) is 23.7 Å². The number of rotatable bonds is 8. The molecule has 1 aliphatic carbocycles. The van der Waals surface area contributed by atoms with Gasteiger partial charge in [-0.25, -0.2) is 32.9 Å². The molecule has 0 aliphatic heterocycles. The van der Waals surface area contributed by atoms with Crippen LogP contribution in [-0.2, 0) is 11.2 Å². The smallest absolute Gasteiger partial charge is 0.412 e. The molecular weight excluding hydrogens is 611 g/mol. The number of carbonyl (C=O) groups excluding carboxylic acids is 1. The average molecular weight is 640 g/mol. The van der Waals surface area contributed by atoms with Gasteiger partial charge in [0.15, 0.2) is 11.6 Å². The molecule has 0 saturated heterocycles. The van der Waals surface area contributed by atoms with E-state index in [9.17, 15) is 13.6 Å². The molecule has 1 amide bonds. The summed E-state index contributed by atoms with van der Waals surface area (Å²) in [6.45, 7) is 1.84. The minimum Gasteiger partial charge on any atom is -0.483 e. The lowest BCUT2D eigenvalue weighted by Gasteiger charge is -2.35. The summed E-state index contributed by atoms with van der Waals surface area (Å²) in [6.07, 6.45) is -1.45. The average Bonchev–Trinajstić information content (AvgIpc) is 3.41. The Kier molecular flexibility index (Phi) is 8.42. The normalized spacial score (nSPS) is 17.7. The molecule has 3 aromatic heterocycles. The quantitative estimate of drug-likeness (QED) is 0.196. The van der Waals surface area contributed by atoms with E-state index in [-0.39, 0.29) is 18.8 Å². The van der Waals surface area contributed by atoms with Gasteiger partial charge in [-0.15, -0.1) is 11.3 Å². The Hall–Kier alpha value is -4.56. The Morgan fingerprint density at radius 2 is 1.96 bits per heavy atom. The minimum atomic E-state index is -3.08. The predicted molar refractivity (Wildman–Crippen MR) is 162 cm³/mol. The molecule has 2 N–H and O–H groups in total. The van der Waals surface area contributed by atoms with Gasteiger partial charge < -0.3 is 19.3 Å². The number of anilines is 1. The number of amides is 1. The van der Waals surface area contributed by atoms with Crippen LogP contribution in [0.5, 0.6) is 11.6 Å². The summed E-state index contributed by atoms with van der Waals surface area (Å²) in [5.41, 5.74) is 4.14. The molecule has 0 radical (unpaired) electrons. The fourth-order valence-corrected chi connectivity index (χ4v) is 6.17. The number of nitrogens with one attached hydrogen (secondary N) is 1. The van der Waals surface area contributed by atoms with E-state index in [0.717, 1.165) is 5.56 Å². The van der Waals surface area contributed by atoms with Crippen molar-refractivity contribution in [1.29, 1.82) is 0 Å². The van der Waals surface area contributed by atoms with E-state index in [0.29, 0.717) is 55.5 Å². The molecule has 2 atom stereocenters. The third-order valence-corrected chi connectivity index (χ3v) is 8.39. The summed E-state index contributed by atoms with van der Waals surface area (Å²) < 4.78 is 61.3. The molecule has 14 heteroatoms. The lowest BCUT2D eigenvalue weighted by molar-refractivity contribution is -0.114. The van der Waals surface area contributed by atoms with Gasteiger partial charge in [0.25, 0.3) is 5.92 Å². The lowest BCUT2D eigenvalue weighted by atomic mass is 9.91. The Morgan fingerprint density at radius 3 is 2.71 bits per heavy atom. The van der Waals surface area contributed by atoms with Gasteiger partial charge in [-0.3, -0.25) is 10.3 Å². The van der Waals surface area contributed by atoms with Crippen LogP contribution in [0.25, 0.3) is 31.8 Å². The molecule has 0 bridgehead atoms. The number of pyridine rings is 1. The van der Waals surface area contributed by atoms with Crippen molar-refractivity contribution in [2.75, 3.05) is 19.0 Å². The highest BCUT2D eigenvalue weighted by atomic mass is 32.1. The summed E-state index contributed by atoms with van der Waals surface area (Å²) in [5, 5.41) is 12.1. The number of fused-ring (bicyclic) bond motifs is 2. The molecule has 1 saturated carbocycles. The lowest BCUT2D eigenvalue weighted by Crippen LogP contribution is -2.45. The van der Waals surface area contributed by atoms with Gasteiger partial charge in [0.05, 0.1) is 52.9 Å². The molecule has 234 valence electrons. The molecule has 10 nitrogen and oxygen atoms in total. The van der Waals surface area contributed by atoms with Crippen LogP contribution in [0.3, 0.4) is 0 Å². The van der Waals surface area contributed by atoms with Gasteiger partial charge in [0, 0.05) is 42.8 Å². The SMILES string of the molecule is COc1cnc2c(-c3nc4cc(F)c(O[C@H]5CC(F)(F)CC[C@H]5OC(=O)Nc5ccc(CCO)nc5)cc4s3)cc(C)cc2n1. The Morgan fingerprint density at radius 1 is 1.11 bits per heavy atom. The van der Waals surface area contributed by atoms with Crippen LogP contribution in [0.2, 0.25) is 0 Å². The van der Waals surface area contributed by atoms with Crippen LogP contribution in [0.1, 0.15) is 30.5 Å². The first-order valence-corrected chi connectivity index (χ1v) is 14.9. The number of thiazole rings is 1. The standard InChI is InChI=1S/C31H28F3N5O5S/c1-16-9-19(28-22(10-16)38-27(42-2)15-36-28)29-39-21-11-20(32)24(12-26(21)45-29)43-25-13-31(33,34)7-5-23(25)44-30(41)37-18-4-3-17(6-8-40)35-14-18/h3-4,9-12,14-15,23,25,40H,5-8,13H2,1-2H3,(H,37,41)/t23-,25+/m1/s1. The van der Waals surface area contributed by atoms with Crippen LogP contribution < -0.4 is 14.8 Å². The van der Waals surface area contributed by atoms with Crippen molar-refractivity contribution >= 4 is 44.4 Å². The number of benzene rings is 2. The second-order valence-corrected chi connectivity index (χ2v) is 11.7. The first-order valence-electron chi connectivity index (χ1n) is 14.1. The van der Waals surface area contributed by atoms with Gasteiger partial charge in [0.2, 0.25) is 5.88 Å². The van der Waals surface area contributed by atoms with E-state index >= 15 is 4.39 Å². The largest absolute Gasteiger partial charge is 0.483 e. The number of aromatic nitrogens is 4. The first kappa shape index (κ1) is 30.5. The third kappa shape index (κ3) is 6.76. The topological polar surface area (TPSA) is 129 Å². The van der Waals surface area contributed by atoms with E-state index in [4.69, 9.17) is 19.3 Å². The summed E-state index contributed by atoms with van der Waals surface area (Å²) in [4.78, 5) is 30.3. The Labute approximate surface area is 259 Å². The molecule has 1 fully saturated rings. The summed E-state index contributed by atoms with van der Waals surface area (Å²) in [7, 11) is 1.50. The number of hydrogen-bond donors (Lipinski definition) is 2. The fourth-order valence-electron chi connectivity index (χ4n) is 5.17. The highest BCUT2D eigenvalue weighted by Gasteiger charge is 2.45. The predicted octanol–water partition coefficient (Wildman–Crippen LogP) is 6.48. The molecule has 2 aromatic carbocycles. The van der Waals surface area contributed by atoms with E-state index in [2.05, 4.69) is 25.3 Å². The van der Waals surface area contributed by atoms with Gasteiger partial charge in [-0.05, 0) is 43.2 Å². The monoisotopic (exact) mass is 639 g/mol. The number of nitrogens with zero attached hydrogens (tertiary/aromatic N) is 4. The molecule has 1 aliphatic rings. The highest BCUT2D eigenvalue weighted by Crippen LogP contribution is 2.40. The number of alkyl halides is 2. The van der Waals surface area contributed by atoms with Gasteiger partial charge in [-0.2, -0.15) is 0 Å². The second-order valence-electron chi connectivity index (χ2n) is 10.7. The van der Waals surface area contributed by atoms with E-state index in [1.807, 2.05) is 19.1 Å². The maximum atomic E-state index is 15.3. The van der Waals surface area contributed by atoms with Crippen molar-refractivity contribution in [2.45, 2.75) is 50.7 Å². The van der Waals surface area contributed by atoms with Crippen molar-refractivity contribution < 1.29 is 37.3 Å². The van der Waals surface area contributed by atoms with Crippen molar-refractivity contribution in [1.82, 2.24) is 19.9 Å². The van der Waals surface area contributed by atoms with Crippen LogP contribution >= 0.6 is 11.3 Å². The zero-order valence-corrected chi connectivity index (χ0v) is 25.0. The molecule has 0 unspecified atom stereocenters. The van der Waals surface area contributed by atoms with Crippen LogP contribution in [-0.4, -0.2) is 63.0 Å². The van der Waals surface area contributed by atoms with E-state index in [1.165, 1.54) is 43.0 Å². The van der Waals surface area contributed by atoms with Crippen LogP contribution in [0, 0.1) is 12.7 Å². The molecule has 0 spiro atoms. The third-order valence-electron chi connectivity index (χ3n) is 7.34. The van der Waals surface area contributed by atoms with Gasteiger partial charge >= 0.3 is 6.09 Å². The molecular formula is C31H28F3N5O5S. The summed E-state index contributed by atoms with van der Waals surface area (Å²) in [6, 6.07) is 9.60. The zero-order valence-electron chi connectivity index (χ0n) is 24.2. The second kappa shape index (κ2) is 12.4. The van der Waals surface area contributed by atoms with E-state index in [1.54, 1.807) is 12.1 Å². The van der Waals surface area contributed by atoms with Crippen molar-refractivity contribution in [3.63, 3.8) is 0 Å². The van der Waals surface area contributed by atoms with Crippen molar-refractivity contribution in [2.24, 2.45) is 0 Å². The maximum Gasteiger partial charge on any atom is 0.412 e. The Bertz CT molecular complexity index is 1870. The van der Waals surface area contributed by atoms with Crippen molar-refractivity contribution in [3.05, 3.63) is 65.9 Å². The number of ether oxygens (including phenoxy) is 3. The van der Waals surface area contributed by atoms with Gasteiger partial charge in [-0.1, -0.05) is 0 Å². The van der Waals surface area contributed by atoms with Gasteiger partial charge in [0.1, 0.15) is 17.2 Å². The minimum absolute atomic E-state index is 0.0671. The molecule has 6 rings (SSSR count). The molecule has 3 heterocycles. The number of methoxy groups -OCH3 is 1.